The Balaban J connectivity index is 1.32. The van der Waals surface area contributed by atoms with Crippen LogP contribution in [0.25, 0.3) is 17.3 Å². The largest absolute Gasteiger partial charge is 0.347 e. The minimum atomic E-state index is -0.0823. The van der Waals surface area contributed by atoms with Crippen molar-refractivity contribution < 1.29 is 4.79 Å². The monoisotopic (exact) mass is 579 g/mol. The summed E-state index contributed by atoms with van der Waals surface area (Å²) in [6.45, 7) is 7.09. The lowest BCUT2D eigenvalue weighted by molar-refractivity contribution is -0.146. The lowest BCUT2D eigenvalue weighted by Gasteiger charge is -2.66. The Bertz CT molecular complexity index is 1560. The molecule has 0 unspecified atom stereocenters. The minimum absolute atomic E-state index is 0.0823. The van der Waals surface area contributed by atoms with E-state index in [9.17, 15) is 4.79 Å². The van der Waals surface area contributed by atoms with E-state index in [-0.39, 0.29) is 22.8 Å². The smallest absolute Gasteiger partial charge is 0.272 e. The van der Waals surface area contributed by atoms with Crippen LogP contribution in [-0.4, -0.2) is 21.7 Å². The maximum atomic E-state index is 14.1. The number of amides is 1. The Morgan fingerprint density at radius 1 is 1.05 bits per heavy atom. The van der Waals surface area contributed by atoms with Crippen molar-refractivity contribution in [1.82, 2.24) is 15.1 Å². The molecule has 1 amide bonds. The topological polar surface area (TPSA) is 46.9 Å². The number of fused-ring (bicyclic) bond motifs is 1. The molecule has 1 spiro atoms. The van der Waals surface area contributed by atoms with Crippen LogP contribution in [0.3, 0.4) is 0 Å². The predicted octanol–water partition coefficient (Wildman–Crippen LogP) is 8.65. The minimum Gasteiger partial charge on any atom is -0.347 e. The first-order chi connectivity index (χ1) is 18.6. The number of nitrogens with zero attached hydrogens (tertiary/aromatic N) is 2. The van der Waals surface area contributed by atoms with Gasteiger partial charge in [0, 0.05) is 21.7 Å². The SMILES string of the molecule is CC1(C)[C@H](NC(=O)c2nn(-c3ccc(Cl)cc3Cl)c3c2CCC/C3=C\c2ccc(Cl)cc2)[C@@]2(C)CC[C@@H]3C[C@@]312. The van der Waals surface area contributed by atoms with Gasteiger partial charge in [0.05, 0.1) is 16.4 Å². The van der Waals surface area contributed by atoms with E-state index in [0.717, 1.165) is 47.6 Å². The summed E-state index contributed by atoms with van der Waals surface area (Å²) in [5.41, 5.74) is 5.97. The van der Waals surface area contributed by atoms with Gasteiger partial charge in [0.25, 0.3) is 5.91 Å². The van der Waals surface area contributed by atoms with Gasteiger partial charge >= 0.3 is 0 Å². The molecule has 2 aromatic carbocycles. The second-order valence-electron chi connectivity index (χ2n) is 12.7. The average molecular weight is 581 g/mol. The second-order valence-corrected chi connectivity index (χ2v) is 14.0. The van der Waals surface area contributed by atoms with Gasteiger partial charge in [-0.25, -0.2) is 4.68 Å². The van der Waals surface area contributed by atoms with Crippen LogP contribution in [0.4, 0.5) is 0 Å². The molecule has 3 saturated carbocycles. The van der Waals surface area contributed by atoms with Crippen LogP contribution < -0.4 is 5.32 Å². The third kappa shape index (κ3) is 3.50. The van der Waals surface area contributed by atoms with Gasteiger partial charge in [0.2, 0.25) is 0 Å². The Kier molecular flexibility index (Phi) is 5.67. The number of carbonyl (C=O) groups excluding carboxylic acids is 1. The highest BCUT2D eigenvalue weighted by Crippen LogP contribution is 2.88. The molecule has 1 heterocycles. The average Bonchev–Trinajstić information content (AvgIpc) is 3.47. The number of halogens is 3. The Morgan fingerprint density at radius 2 is 1.79 bits per heavy atom. The van der Waals surface area contributed by atoms with Crippen LogP contribution in [0.2, 0.25) is 15.1 Å². The van der Waals surface area contributed by atoms with Crippen molar-refractivity contribution >= 4 is 52.4 Å². The summed E-state index contributed by atoms with van der Waals surface area (Å²) < 4.78 is 1.85. The summed E-state index contributed by atoms with van der Waals surface area (Å²) in [5.74, 6) is 0.742. The summed E-state index contributed by atoms with van der Waals surface area (Å²) in [5, 5.41) is 10.2. The highest BCUT2D eigenvalue weighted by molar-refractivity contribution is 6.35. The van der Waals surface area contributed by atoms with Gasteiger partial charge in [-0.1, -0.05) is 67.7 Å². The van der Waals surface area contributed by atoms with Crippen molar-refractivity contribution in [2.24, 2.45) is 22.2 Å². The van der Waals surface area contributed by atoms with E-state index >= 15 is 0 Å². The van der Waals surface area contributed by atoms with Crippen LogP contribution in [0, 0.1) is 22.2 Å². The molecule has 7 rings (SSSR count). The molecule has 4 atom stereocenters. The normalized spacial score (nSPS) is 30.8. The zero-order chi connectivity index (χ0) is 27.3. The molecule has 0 aliphatic heterocycles. The quantitative estimate of drug-likeness (QED) is 0.336. The zero-order valence-electron chi connectivity index (χ0n) is 22.5. The number of hydrogen-bond donors (Lipinski definition) is 1. The van der Waals surface area contributed by atoms with Crippen LogP contribution in [0.15, 0.2) is 42.5 Å². The molecular formula is C32H32Cl3N3O. The first-order valence-electron chi connectivity index (χ1n) is 13.9. The number of carbonyl (C=O) groups is 1. The molecule has 0 saturated heterocycles. The summed E-state index contributed by atoms with van der Waals surface area (Å²) in [6.07, 6.45) is 8.57. The molecule has 202 valence electrons. The van der Waals surface area contributed by atoms with Crippen LogP contribution in [-0.2, 0) is 6.42 Å². The van der Waals surface area contributed by atoms with Gasteiger partial charge in [-0.3, -0.25) is 4.79 Å². The molecule has 4 aliphatic rings. The van der Waals surface area contributed by atoms with Gasteiger partial charge in [0.15, 0.2) is 5.69 Å². The number of rotatable bonds is 4. The number of hydrogen-bond acceptors (Lipinski definition) is 2. The molecule has 4 nitrogen and oxygen atoms in total. The van der Waals surface area contributed by atoms with E-state index in [0.29, 0.717) is 31.9 Å². The van der Waals surface area contributed by atoms with E-state index in [1.54, 1.807) is 6.07 Å². The fourth-order valence-electron chi connectivity index (χ4n) is 9.02. The van der Waals surface area contributed by atoms with E-state index in [4.69, 9.17) is 39.9 Å². The van der Waals surface area contributed by atoms with E-state index < -0.39 is 0 Å². The van der Waals surface area contributed by atoms with E-state index in [1.807, 2.05) is 41.1 Å². The number of benzene rings is 2. The van der Waals surface area contributed by atoms with Crippen molar-refractivity contribution in [3.63, 3.8) is 0 Å². The van der Waals surface area contributed by atoms with Crippen molar-refractivity contribution in [1.29, 1.82) is 0 Å². The third-order valence-corrected chi connectivity index (χ3v) is 11.4. The van der Waals surface area contributed by atoms with E-state index in [2.05, 4.69) is 32.2 Å². The maximum Gasteiger partial charge on any atom is 0.272 e. The lowest BCUT2D eigenvalue weighted by atomic mass is 9.41. The predicted molar refractivity (Wildman–Crippen MR) is 159 cm³/mol. The van der Waals surface area contributed by atoms with Gasteiger partial charge in [-0.2, -0.15) is 5.10 Å². The van der Waals surface area contributed by atoms with E-state index in [1.165, 1.54) is 19.3 Å². The van der Waals surface area contributed by atoms with Crippen molar-refractivity contribution in [3.05, 3.63) is 80.0 Å². The van der Waals surface area contributed by atoms with Gasteiger partial charge in [0.1, 0.15) is 0 Å². The summed E-state index contributed by atoms with van der Waals surface area (Å²) in [7, 11) is 0. The number of aromatic nitrogens is 2. The zero-order valence-corrected chi connectivity index (χ0v) is 24.7. The van der Waals surface area contributed by atoms with Gasteiger partial charge in [-0.05, 0) is 108 Å². The van der Waals surface area contributed by atoms with Crippen LogP contribution >= 0.6 is 34.8 Å². The molecule has 0 radical (unpaired) electrons. The summed E-state index contributed by atoms with van der Waals surface area (Å²) >= 11 is 19.1. The molecule has 1 N–H and O–H groups in total. The van der Waals surface area contributed by atoms with Crippen LogP contribution in [0.5, 0.6) is 0 Å². The molecule has 0 bridgehead atoms. The summed E-state index contributed by atoms with van der Waals surface area (Å²) in [6, 6.07) is 13.4. The fourth-order valence-corrected chi connectivity index (χ4v) is 9.63. The fraction of sp³-hybridized carbons (Fsp3) is 0.438. The molecular weight excluding hydrogens is 549 g/mol. The standard InChI is InChI=1S/C32H32Cl3N3O/c1-30(2)29(31(3)14-13-20-17-32(20,30)31)36-28(39)26-23-6-4-5-19(15-18-7-9-21(33)10-8-18)27(23)38(37-26)25-12-11-22(34)16-24(25)35/h7-12,15-16,20,29H,4-6,13-14,17H2,1-3H3,(H,36,39)/b19-15+/t20-,29+,31-,32-/m1/s1. The van der Waals surface area contributed by atoms with Gasteiger partial charge in [-0.15, -0.1) is 0 Å². The maximum absolute atomic E-state index is 14.1. The summed E-state index contributed by atoms with van der Waals surface area (Å²) in [4.78, 5) is 14.1. The Labute approximate surface area is 244 Å². The second kappa shape index (κ2) is 8.61. The van der Waals surface area contributed by atoms with Gasteiger partial charge < -0.3 is 5.32 Å². The molecule has 4 aliphatic carbocycles. The number of nitrogens with one attached hydrogen (secondary N) is 1. The Hall–Kier alpha value is -2.27. The van der Waals surface area contributed by atoms with Crippen molar-refractivity contribution in [2.75, 3.05) is 0 Å². The number of allylic oxidation sites excluding steroid dienone is 1. The molecule has 3 aromatic rings. The highest BCUT2D eigenvalue weighted by Gasteiger charge is 2.85. The van der Waals surface area contributed by atoms with Crippen molar-refractivity contribution in [2.45, 2.75) is 65.3 Å². The van der Waals surface area contributed by atoms with Crippen LogP contribution in [0.1, 0.15) is 80.2 Å². The lowest BCUT2D eigenvalue weighted by Crippen LogP contribution is -2.71. The molecule has 39 heavy (non-hydrogen) atoms. The highest BCUT2D eigenvalue weighted by atomic mass is 35.5. The first kappa shape index (κ1) is 25.7. The molecule has 7 heteroatoms. The van der Waals surface area contributed by atoms with Crippen molar-refractivity contribution in [3.8, 4) is 5.69 Å². The molecule has 3 fully saturated rings. The third-order valence-electron chi connectivity index (χ3n) is 10.6. The molecule has 1 aromatic heterocycles. The Morgan fingerprint density at radius 3 is 2.51 bits per heavy atom. The first-order valence-corrected chi connectivity index (χ1v) is 15.0.